The number of rotatable bonds is 8. The molecular weight excluding hydrogens is 307 g/mol. The number of carbonyl (C=O) groups excluding carboxylic acids is 1. The second kappa shape index (κ2) is 9.03. The predicted molar refractivity (Wildman–Crippen MR) is 92.2 cm³/mol. The smallest absolute Gasteiger partial charge is 0.237 e. The lowest BCUT2D eigenvalue weighted by atomic mass is 10.1. The Bertz CT molecular complexity index is 649. The molecule has 4 nitrogen and oxygen atoms in total. The predicted octanol–water partition coefficient (Wildman–Crippen LogP) is 2.67. The van der Waals surface area contributed by atoms with Gasteiger partial charge < -0.3 is 15.8 Å². The van der Waals surface area contributed by atoms with Crippen molar-refractivity contribution < 1.29 is 13.9 Å². The third-order valence-corrected chi connectivity index (χ3v) is 3.72. The highest BCUT2D eigenvalue weighted by Gasteiger charge is 2.17. The van der Waals surface area contributed by atoms with E-state index in [9.17, 15) is 9.18 Å². The fourth-order valence-electron chi connectivity index (χ4n) is 2.30. The van der Waals surface area contributed by atoms with Gasteiger partial charge in [-0.2, -0.15) is 0 Å². The topological polar surface area (TPSA) is 64.4 Å². The van der Waals surface area contributed by atoms with Gasteiger partial charge >= 0.3 is 0 Å². The summed E-state index contributed by atoms with van der Waals surface area (Å²) >= 11 is 0. The standard InChI is InChI=1S/C19H23FN2O2/c1-2-15(24-18-11-7-6-10-16(18)20)13-22-19(23)17(21)12-14-8-4-3-5-9-14/h3-11,15,17H,2,12-13,21H2,1H3,(H,22,23)/t15?,17-/m0/s1. The molecule has 0 spiro atoms. The maximum Gasteiger partial charge on any atom is 0.237 e. The van der Waals surface area contributed by atoms with E-state index in [0.29, 0.717) is 12.8 Å². The summed E-state index contributed by atoms with van der Waals surface area (Å²) in [5, 5.41) is 2.78. The Kier molecular flexibility index (Phi) is 6.75. The van der Waals surface area contributed by atoms with Crippen LogP contribution in [0.15, 0.2) is 54.6 Å². The van der Waals surface area contributed by atoms with Crippen LogP contribution in [0, 0.1) is 5.82 Å². The number of amides is 1. The lowest BCUT2D eigenvalue weighted by molar-refractivity contribution is -0.122. The van der Waals surface area contributed by atoms with Crippen molar-refractivity contribution in [2.24, 2.45) is 5.73 Å². The van der Waals surface area contributed by atoms with Gasteiger partial charge in [-0.15, -0.1) is 0 Å². The summed E-state index contributed by atoms with van der Waals surface area (Å²) in [5.74, 6) is -0.468. The molecule has 0 aliphatic carbocycles. The maximum atomic E-state index is 13.6. The van der Waals surface area contributed by atoms with Gasteiger partial charge in [0.2, 0.25) is 5.91 Å². The number of hydrogen-bond donors (Lipinski definition) is 2. The van der Waals surface area contributed by atoms with Crippen LogP contribution in [0.2, 0.25) is 0 Å². The molecule has 5 heteroatoms. The average Bonchev–Trinajstić information content (AvgIpc) is 2.60. The highest BCUT2D eigenvalue weighted by atomic mass is 19.1. The summed E-state index contributed by atoms with van der Waals surface area (Å²) in [7, 11) is 0. The van der Waals surface area contributed by atoms with E-state index in [-0.39, 0.29) is 24.3 Å². The highest BCUT2D eigenvalue weighted by molar-refractivity contribution is 5.81. The molecule has 0 fully saturated rings. The van der Waals surface area contributed by atoms with Gasteiger partial charge in [0.05, 0.1) is 12.6 Å². The molecule has 0 aromatic heterocycles. The molecule has 0 saturated heterocycles. The van der Waals surface area contributed by atoms with E-state index < -0.39 is 11.9 Å². The first-order chi connectivity index (χ1) is 11.6. The van der Waals surface area contributed by atoms with Crippen LogP contribution in [0.4, 0.5) is 4.39 Å². The monoisotopic (exact) mass is 330 g/mol. The third kappa shape index (κ3) is 5.35. The van der Waals surface area contributed by atoms with Crippen molar-refractivity contribution in [1.29, 1.82) is 0 Å². The fraction of sp³-hybridized carbons (Fsp3) is 0.316. The molecule has 1 unspecified atom stereocenters. The molecule has 2 aromatic carbocycles. The first kappa shape index (κ1) is 17.9. The lowest BCUT2D eigenvalue weighted by Crippen LogP contribution is -2.45. The molecule has 0 saturated carbocycles. The van der Waals surface area contributed by atoms with Crippen molar-refractivity contribution in [3.63, 3.8) is 0 Å². The minimum atomic E-state index is -0.627. The van der Waals surface area contributed by atoms with Crippen LogP contribution in [0.1, 0.15) is 18.9 Å². The number of benzene rings is 2. The van der Waals surface area contributed by atoms with E-state index in [4.69, 9.17) is 10.5 Å². The van der Waals surface area contributed by atoms with E-state index >= 15 is 0 Å². The SMILES string of the molecule is CCC(CNC(=O)[C@@H](N)Cc1ccccc1)Oc1ccccc1F. The van der Waals surface area contributed by atoms with Gasteiger partial charge in [0.15, 0.2) is 11.6 Å². The second-order valence-electron chi connectivity index (χ2n) is 5.62. The van der Waals surface area contributed by atoms with Crippen molar-refractivity contribution in [2.75, 3.05) is 6.54 Å². The molecule has 2 rings (SSSR count). The number of carbonyl (C=O) groups is 1. The normalized spacial score (nSPS) is 13.1. The van der Waals surface area contributed by atoms with E-state index in [1.165, 1.54) is 6.07 Å². The zero-order valence-electron chi connectivity index (χ0n) is 13.7. The van der Waals surface area contributed by atoms with Crippen molar-refractivity contribution in [3.8, 4) is 5.75 Å². The largest absolute Gasteiger partial charge is 0.486 e. The van der Waals surface area contributed by atoms with Gasteiger partial charge in [-0.3, -0.25) is 4.79 Å². The Morgan fingerprint density at radius 2 is 1.83 bits per heavy atom. The Hall–Kier alpha value is -2.40. The van der Waals surface area contributed by atoms with Crippen molar-refractivity contribution in [1.82, 2.24) is 5.32 Å². The van der Waals surface area contributed by atoms with Gasteiger partial charge in [0, 0.05) is 0 Å². The Morgan fingerprint density at radius 3 is 2.50 bits per heavy atom. The van der Waals surface area contributed by atoms with Gasteiger partial charge in [-0.1, -0.05) is 49.4 Å². The molecule has 0 bridgehead atoms. The number of hydrogen-bond acceptors (Lipinski definition) is 3. The number of para-hydroxylation sites is 1. The van der Waals surface area contributed by atoms with Crippen LogP contribution in [0.25, 0.3) is 0 Å². The van der Waals surface area contributed by atoms with Crippen molar-refractivity contribution >= 4 is 5.91 Å². The zero-order chi connectivity index (χ0) is 17.4. The molecule has 24 heavy (non-hydrogen) atoms. The first-order valence-corrected chi connectivity index (χ1v) is 8.08. The van der Waals surface area contributed by atoms with E-state index in [0.717, 1.165) is 5.56 Å². The van der Waals surface area contributed by atoms with Crippen LogP contribution in [-0.2, 0) is 11.2 Å². The molecule has 128 valence electrons. The minimum absolute atomic E-state index is 0.187. The summed E-state index contributed by atoms with van der Waals surface area (Å²) in [6.07, 6.45) is 0.801. The number of nitrogens with two attached hydrogens (primary N) is 1. The maximum absolute atomic E-state index is 13.6. The molecule has 0 aliphatic rings. The molecular formula is C19H23FN2O2. The molecule has 1 amide bonds. The van der Waals surface area contributed by atoms with Crippen LogP contribution >= 0.6 is 0 Å². The molecule has 3 N–H and O–H groups in total. The average molecular weight is 330 g/mol. The molecule has 2 aromatic rings. The molecule has 0 radical (unpaired) electrons. The Morgan fingerprint density at radius 1 is 1.17 bits per heavy atom. The van der Waals surface area contributed by atoms with Gasteiger partial charge in [-0.25, -0.2) is 4.39 Å². The van der Waals surface area contributed by atoms with Crippen LogP contribution < -0.4 is 15.8 Å². The third-order valence-electron chi connectivity index (χ3n) is 3.72. The van der Waals surface area contributed by atoms with Gasteiger partial charge in [-0.05, 0) is 30.5 Å². The minimum Gasteiger partial charge on any atom is -0.486 e. The van der Waals surface area contributed by atoms with Crippen LogP contribution in [0.3, 0.4) is 0 Å². The summed E-state index contributed by atoms with van der Waals surface area (Å²) in [5.41, 5.74) is 6.95. The summed E-state index contributed by atoms with van der Waals surface area (Å²) in [6.45, 7) is 2.20. The molecule has 2 atom stereocenters. The Balaban J connectivity index is 1.83. The summed E-state index contributed by atoms with van der Waals surface area (Å²) < 4.78 is 19.2. The molecule has 0 aliphatic heterocycles. The van der Waals surface area contributed by atoms with Crippen molar-refractivity contribution in [2.45, 2.75) is 31.9 Å². The quantitative estimate of drug-likeness (QED) is 0.782. The first-order valence-electron chi connectivity index (χ1n) is 8.08. The molecule has 0 heterocycles. The van der Waals surface area contributed by atoms with E-state index in [2.05, 4.69) is 5.32 Å². The summed E-state index contributed by atoms with van der Waals surface area (Å²) in [6, 6.07) is 15.2. The van der Waals surface area contributed by atoms with Crippen LogP contribution in [-0.4, -0.2) is 24.6 Å². The van der Waals surface area contributed by atoms with Crippen molar-refractivity contribution in [3.05, 3.63) is 66.0 Å². The van der Waals surface area contributed by atoms with Crippen LogP contribution in [0.5, 0.6) is 5.75 Å². The number of halogens is 1. The van der Waals surface area contributed by atoms with Gasteiger partial charge in [0.1, 0.15) is 6.10 Å². The summed E-state index contributed by atoms with van der Waals surface area (Å²) in [4.78, 5) is 12.1. The second-order valence-corrected chi connectivity index (χ2v) is 5.62. The number of nitrogens with one attached hydrogen (secondary N) is 1. The fourth-order valence-corrected chi connectivity index (χ4v) is 2.30. The zero-order valence-corrected chi connectivity index (χ0v) is 13.7. The lowest BCUT2D eigenvalue weighted by Gasteiger charge is -2.20. The van der Waals surface area contributed by atoms with Gasteiger partial charge in [0.25, 0.3) is 0 Å². The highest BCUT2D eigenvalue weighted by Crippen LogP contribution is 2.17. The van der Waals surface area contributed by atoms with E-state index in [1.54, 1.807) is 18.2 Å². The van der Waals surface area contributed by atoms with E-state index in [1.807, 2.05) is 37.3 Å². The Labute approximate surface area is 141 Å². The number of ether oxygens (including phenoxy) is 1.